The molecule has 7 heteroatoms. The Kier molecular flexibility index (Phi) is 3.51. The molecule has 0 bridgehead atoms. The van der Waals surface area contributed by atoms with Gasteiger partial charge in [0.15, 0.2) is 5.11 Å². The maximum absolute atomic E-state index is 5.20. The highest BCUT2D eigenvalue weighted by atomic mass is 32.1. The number of anilines is 1. The highest BCUT2D eigenvalue weighted by Crippen LogP contribution is 2.22. The maximum atomic E-state index is 5.20. The second-order valence-corrected chi connectivity index (χ2v) is 3.54. The van der Waals surface area contributed by atoms with Crippen LogP contribution in [0.1, 0.15) is 0 Å². The summed E-state index contributed by atoms with van der Waals surface area (Å²) in [4.78, 5) is 0. The fourth-order valence-corrected chi connectivity index (χ4v) is 1.49. The zero-order chi connectivity index (χ0) is 12.1. The zero-order valence-electron chi connectivity index (χ0n) is 9.12. The van der Waals surface area contributed by atoms with Crippen LogP contribution in [0.3, 0.4) is 0 Å². The minimum absolute atomic E-state index is 0.425. The van der Waals surface area contributed by atoms with E-state index in [2.05, 4.69) is 20.9 Å². The zero-order valence-corrected chi connectivity index (χ0v) is 9.94. The second kappa shape index (κ2) is 5.26. The predicted molar refractivity (Wildman–Crippen MR) is 68.6 cm³/mol. The Bertz CT molecular complexity index is 499. The van der Waals surface area contributed by atoms with Crippen LogP contribution in [0.15, 0.2) is 36.9 Å². The third-order valence-corrected chi connectivity index (χ3v) is 2.20. The first kappa shape index (κ1) is 11.3. The molecular weight excluding hydrogens is 238 g/mol. The van der Waals surface area contributed by atoms with Gasteiger partial charge in [-0.05, 0) is 24.4 Å². The summed E-state index contributed by atoms with van der Waals surface area (Å²) in [7, 11) is 1.61. The number of hydrogen-bond acceptors (Lipinski definition) is 4. The molecule has 0 atom stereocenters. The molecule has 2 aromatic rings. The topological polar surface area (TPSA) is 64.0 Å². The number of nitrogens with one attached hydrogen (secondary N) is 2. The predicted octanol–water partition coefficient (Wildman–Crippen LogP) is 1.23. The van der Waals surface area contributed by atoms with E-state index in [1.165, 1.54) is 12.7 Å². The number of hydrogen-bond donors (Lipinski definition) is 2. The molecule has 0 fully saturated rings. The summed E-state index contributed by atoms with van der Waals surface area (Å²) < 4.78 is 6.75. The molecule has 1 aromatic carbocycles. The number of methoxy groups -OCH3 is 1. The fourth-order valence-electron chi connectivity index (χ4n) is 1.27. The summed E-state index contributed by atoms with van der Waals surface area (Å²) in [5.41, 5.74) is 3.67. The molecule has 0 aliphatic rings. The minimum Gasteiger partial charge on any atom is -0.495 e. The van der Waals surface area contributed by atoms with Crippen LogP contribution >= 0.6 is 12.2 Å². The third-order valence-electron chi connectivity index (χ3n) is 2.00. The highest BCUT2D eigenvalue weighted by Gasteiger charge is 2.03. The Morgan fingerprint density at radius 3 is 2.71 bits per heavy atom. The quantitative estimate of drug-likeness (QED) is 0.798. The molecule has 0 saturated heterocycles. The number of aromatic nitrogens is 3. The van der Waals surface area contributed by atoms with Gasteiger partial charge < -0.3 is 10.1 Å². The van der Waals surface area contributed by atoms with Crippen molar-refractivity contribution in [3.05, 3.63) is 36.9 Å². The van der Waals surface area contributed by atoms with Crippen molar-refractivity contribution in [2.24, 2.45) is 0 Å². The van der Waals surface area contributed by atoms with E-state index in [4.69, 9.17) is 17.0 Å². The van der Waals surface area contributed by atoms with E-state index in [0.29, 0.717) is 5.11 Å². The van der Waals surface area contributed by atoms with Crippen molar-refractivity contribution in [3.8, 4) is 5.75 Å². The molecule has 88 valence electrons. The number of rotatable bonds is 3. The molecule has 2 rings (SSSR count). The van der Waals surface area contributed by atoms with Crippen molar-refractivity contribution < 1.29 is 4.74 Å². The molecule has 0 saturated carbocycles. The van der Waals surface area contributed by atoms with Crippen molar-refractivity contribution in [1.29, 1.82) is 0 Å². The average molecular weight is 249 g/mol. The molecule has 2 N–H and O–H groups in total. The summed E-state index contributed by atoms with van der Waals surface area (Å²) in [6, 6.07) is 7.51. The van der Waals surface area contributed by atoms with Gasteiger partial charge in [0.1, 0.15) is 18.4 Å². The minimum atomic E-state index is 0.425. The Hall–Kier alpha value is -2.15. The lowest BCUT2D eigenvalue weighted by Crippen LogP contribution is -2.26. The standard InChI is InChI=1S/C10H11N5OS/c1-16-9-5-3-2-4-8(9)13-10(17)14-15-6-11-12-7-15/h2-7H,1H3,(H2,13,14,17). The molecule has 0 unspecified atom stereocenters. The number of thiocarbonyl (C=S) groups is 1. The van der Waals surface area contributed by atoms with Gasteiger partial charge in [0.25, 0.3) is 0 Å². The number of nitrogens with zero attached hydrogens (tertiary/aromatic N) is 3. The summed E-state index contributed by atoms with van der Waals surface area (Å²) in [6.07, 6.45) is 3.02. The monoisotopic (exact) mass is 249 g/mol. The SMILES string of the molecule is COc1ccccc1NC(=S)Nn1cnnc1. The van der Waals surface area contributed by atoms with Crippen molar-refractivity contribution in [3.63, 3.8) is 0 Å². The van der Waals surface area contributed by atoms with E-state index in [-0.39, 0.29) is 0 Å². The molecule has 1 heterocycles. The molecule has 0 aliphatic heterocycles. The van der Waals surface area contributed by atoms with Gasteiger partial charge in [-0.3, -0.25) is 5.43 Å². The third kappa shape index (κ3) is 2.91. The highest BCUT2D eigenvalue weighted by molar-refractivity contribution is 7.80. The first-order valence-corrected chi connectivity index (χ1v) is 5.26. The van der Waals surface area contributed by atoms with Crippen LogP contribution in [0.2, 0.25) is 0 Å². The fraction of sp³-hybridized carbons (Fsp3) is 0.100. The molecule has 0 aliphatic carbocycles. The lowest BCUT2D eigenvalue weighted by atomic mass is 10.3. The van der Waals surface area contributed by atoms with Crippen molar-refractivity contribution in [2.45, 2.75) is 0 Å². The summed E-state index contributed by atoms with van der Waals surface area (Å²) in [5.74, 6) is 0.723. The molecule has 6 nitrogen and oxygen atoms in total. The molecular formula is C10H11N5OS. The summed E-state index contributed by atoms with van der Waals surface area (Å²) in [6.45, 7) is 0. The smallest absolute Gasteiger partial charge is 0.190 e. The van der Waals surface area contributed by atoms with E-state index >= 15 is 0 Å². The lowest BCUT2D eigenvalue weighted by Gasteiger charge is -2.12. The van der Waals surface area contributed by atoms with E-state index in [1.807, 2.05) is 24.3 Å². The van der Waals surface area contributed by atoms with Gasteiger partial charge in [-0.15, -0.1) is 10.2 Å². The van der Waals surface area contributed by atoms with Crippen LogP contribution < -0.4 is 15.5 Å². The molecule has 0 amide bonds. The Labute approximate surface area is 104 Å². The normalized spacial score (nSPS) is 9.71. The average Bonchev–Trinajstić information content (AvgIpc) is 2.82. The van der Waals surface area contributed by atoms with E-state index in [9.17, 15) is 0 Å². The van der Waals surface area contributed by atoms with Crippen LogP contribution in [-0.2, 0) is 0 Å². The van der Waals surface area contributed by atoms with Crippen molar-refractivity contribution in [1.82, 2.24) is 14.9 Å². The number of benzene rings is 1. The van der Waals surface area contributed by atoms with Gasteiger partial charge in [-0.25, -0.2) is 4.68 Å². The number of para-hydroxylation sites is 2. The van der Waals surface area contributed by atoms with Gasteiger partial charge in [0, 0.05) is 0 Å². The summed E-state index contributed by atoms with van der Waals surface area (Å²) in [5, 5.41) is 10.8. The largest absolute Gasteiger partial charge is 0.495 e. The van der Waals surface area contributed by atoms with Crippen LogP contribution in [0.5, 0.6) is 5.75 Å². The number of ether oxygens (including phenoxy) is 1. The first-order valence-electron chi connectivity index (χ1n) is 4.85. The van der Waals surface area contributed by atoms with E-state index in [0.717, 1.165) is 11.4 Å². The Morgan fingerprint density at radius 2 is 2.00 bits per heavy atom. The van der Waals surface area contributed by atoms with Gasteiger partial charge in [-0.2, -0.15) is 0 Å². The van der Waals surface area contributed by atoms with Crippen molar-refractivity contribution in [2.75, 3.05) is 17.9 Å². The van der Waals surface area contributed by atoms with E-state index in [1.54, 1.807) is 11.8 Å². The molecule has 1 aromatic heterocycles. The van der Waals surface area contributed by atoms with Crippen LogP contribution in [-0.4, -0.2) is 27.1 Å². The Morgan fingerprint density at radius 1 is 1.29 bits per heavy atom. The van der Waals surface area contributed by atoms with Crippen LogP contribution in [0, 0.1) is 0 Å². The second-order valence-electron chi connectivity index (χ2n) is 3.14. The van der Waals surface area contributed by atoms with Gasteiger partial charge in [0.05, 0.1) is 12.8 Å². The van der Waals surface area contributed by atoms with Crippen LogP contribution in [0.25, 0.3) is 0 Å². The van der Waals surface area contributed by atoms with E-state index < -0.39 is 0 Å². The van der Waals surface area contributed by atoms with Crippen molar-refractivity contribution >= 4 is 23.0 Å². The molecule has 0 spiro atoms. The molecule has 17 heavy (non-hydrogen) atoms. The maximum Gasteiger partial charge on any atom is 0.190 e. The first-order chi connectivity index (χ1) is 8.29. The summed E-state index contributed by atoms with van der Waals surface area (Å²) >= 11 is 5.14. The lowest BCUT2D eigenvalue weighted by molar-refractivity contribution is 0.417. The van der Waals surface area contributed by atoms with Gasteiger partial charge >= 0.3 is 0 Å². The van der Waals surface area contributed by atoms with Crippen LogP contribution in [0.4, 0.5) is 5.69 Å². The molecule has 0 radical (unpaired) electrons. The Balaban J connectivity index is 2.03. The van der Waals surface area contributed by atoms with Gasteiger partial charge in [0.2, 0.25) is 0 Å². The van der Waals surface area contributed by atoms with Gasteiger partial charge in [-0.1, -0.05) is 12.1 Å².